The van der Waals surface area contributed by atoms with Crippen molar-refractivity contribution in [1.82, 2.24) is 4.90 Å². The highest BCUT2D eigenvalue weighted by Gasteiger charge is 2.23. The molecule has 0 bridgehead atoms. The number of carbonyl (C=O) groups excluding carboxylic acids is 2. The van der Waals surface area contributed by atoms with Gasteiger partial charge in [-0.1, -0.05) is 30.7 Å². The molecule has 0 saturated carbocycles. The van der Waals surface area contributed by atoms with E-state index in [1.807, 2.05) is 17.0 Å². The Hall–Kier alpha value is -2.19. The summed E-state index contributed by atoms with van der Waals surface area (Å²) in [6.07, 6.45) is 11.0. The SMILES string of the molecule is C#C.CC(C)(C)OC(N)=O.CCCC(=O)N1CCC(c2ccc(Cl)cc2)CC1. The lowest BCUT2D eigenvalue weighted by Gasteiger charge is -2.32. The highest BCUT2D eigenvalue weighted by atomic mass is 35.5. The van der Waals surface area contributed by atoms with Gasteiger partial charge in [0.15, 0.2) is 0 Å². The molecule has 0 unspecified atom stereocenters. The summed E-state index contributed by atoms with van der Waals surface area (Å²) in [5.41, 5.74) is 5.61. The van der Waals surface area contributed by atoms with Gasteiger partial charge in [0, 0.05) is 24.5 Å². The molecule has 2 amide bonds. The largest absolute Gasteiger partial charge is 0.444 e. The van der Waals surface area contributed by atoms with Crippen LogP contribution in [0.4, 0.5) is 4.79 Å². The predicted octanol–water partition coefficient (Wildman–Crippen LogP) is 4.98. The van der Waals surface area contributed by atoms with E-state index in [1.54, 1.807) is 20.8 Å². The van der Waals surface area contributed by atoms with E-state index < -0.39 is 11.7 Å². The van der Waals surface area contributed by atoms with Crippen molar-refractivity contribution in [3.05, 3.63) is 34.9 Å². The van der Waals surface area contributed by atoms with Gasteiger partial charge < -0.3 is 15.4 Å². The zero-order valence-corrected chi connectivity index (χ0v) is 18.2. The monoisotopic (exact) mass is 408 g/mol. The fourth-order valence-electron chi connectivity index (χ4n) is 2.87. The molecule has 0 aliphatic carbocycles. The van der Waals surface area contributed by atoms with Crippen LogP contribution in [-0.4, -0.2) is 35.6 Å². The number of terminal acetylenes is 1. The van der Waals surface area contributed by atoms with Crippen molar-refractivity contribution in [2.24, 2.45) is 5.73 Å². The number of hydrogen-bond acceptors (Lipinski definition) is 3. The quantitative estimate of drug-likeness (QED) is 0.717. The van der Waals surface area contributed by atoms with Crippen molar-refractivity contribution in [3.63, 3.8) is 0 Å². The van der Waals surface area contributed by atoms with E-state index in [9.17, 15) is 9.59 Å². The molecule has 5 nitrogen and oxygen atoms in total. The predicted molar refractivity (Wildman–Crippen MR) is 115 cm³/mol. The van der Waals surface area contributed by atoms with Crippen molar-refractivity contribution in [2.75, 3.05) is 13.1 Å². The van der Waals surface area contributed by atoms with Gasteiger partial charge >= 0.3 is 6.09 Å². The minimum Gasteiger partial charge on any atom is -0.444 e. The van der Waals surface area contributed by atoms with Gasteiger partial charge in [-0.25, -0.2) is 4.79 Å². The van der Waals surface area contributed by atoms with Crippen LogP contribution in [0, 0.1) is 12.8 Å². The number of nitrogens with zero attached hydrogens (tertiary/aromatic N) is 1. The molecule has 1 aliphatic heterocycles. The van der Waals surface area contributed by atoms with E-state index in [-0.39, 0.29) is 0 Å². The van der Waals surface area contributed by atoms with Crippen molar-refractivity contribution in [1.29, 1.82) is 0 Å². The summed E-state index contributed by atoms with van der Waals surface area (Å²) in [5.74, 6) is 0.889. The van der Waals surface area contributed by atoms with Crippen LogP contribution in [0.3, 0.4) is 0 Å². The van der Waals surface area contributed by atoms with E-state index in [0.29, 0.717) is 18.2 Å². The summed E-state index contributed by atoms with van der Waals surface area (Å²) in [6, 6.07) is 8.12. The van der Waals surface area contributed by atoms with Gasteiger partial charge in [-0.2, -0.15) is 0 Å². The number of likely N-dealkylation sites (tertiary alicyclic amines) is 1. The van der Waals surface area contributed by atoms with Crippen LogP contribution >= 0.6 is 11.6 Å². The third-order valence-corrected chi connectivity index (χ3v) is 4.31. The zero-order chi connectivity index (χ0) is 21.7. The van der Waals surface area contributed by atoms with Crippen LogP contribution in [-0.2, 0) is 9.53 Å². The maximum absolute atomic E-state index is 11.8. The number of primary amides is 1. The molecule has 2 N–H and O–H groups in total. The van der Waals surface area contributed by atoms with Crippen molar-refractivity contribution >= 4 is 23.6 Å². The summed E-state index contributed by atoms with van der Waals surface area (Å²) in [7, 11) is 0. The topological polar surface area (TPSA) is 72.6 Å². The fraction of sp³-hybridized carbons (Fsp3) is 0.545. The molecular formula is C22H33ClN2O3. The van der Waals surface area contributed by atoms with Gasteiger partial charge in [0.25, 0.3) is 0 Å². The van der Waals surface area contributed by atoms with Crippen LogP contribution in [0.1, 0.15) is 64.9 Å². The lowest BCUT2D eigenvalue weighted by Crippen LogP contribution is -2.37. The molecule has 156 valence electrons. The van der Waals surface area contributed by atoms with E-state index in [1.165, 1.54) is 5.56 Å². The number of benzene rings is 1. The average molecular weight is 409 g/mol. The molecule has 1 aromatic rings. The van der Waals surface area contributed by atoms with Crippen molar-refractivity contribution in [2.45, 2.75) is 64.9 Å². The number of halogens is 1. The molecule has 2 rings (SSSR count). The van der Waals surface area contributed by atoms with Crippen LogP contribution in [0.15, 0.2) is 24.3 Å². The summed E-state index contributed by atoms with van der Waals surface area (Å²) in [4.78, 5) is 23.8. The Balaban J connectivity index is 0.000000618. The molecule has 1 aliphatic rings. The summed E-state index contributed by atoms with van der Waals surface area (Å²) in [5, 5.41) is 0.786. The number of amides is 2. The van der Waals surface area contributed by atoms with E-state index in [0.717, 1.165) is 37.4 Å². The summed E-state index contributed by atoms with van der Waals surface area (Å²) in [6.45, 7) is 9.13. The minimum atomic E-state index is -0.725. The van der Waals surface area contributed by atoms with Gasteiger partial charge in [-0.05, 0) is 63.6 Å². The molecule has 0 aromatic heterocycles. The highest BCUT2D eigenvalue weighted by molar-refractivity contribution is 6.30. The van der Waals surface area contributed by atoms with Crippen LogP contribution in [0.5, 0.6) is 0 Å². The van der Waals surface area contributed by atoms with Crippen molar-refractivity contribution in [3.8, 4) is 12.8 Å². The number of hydrogen-bond donors (Lipinski definition) is 1. The molecule has 1 saturated heterocycles. The normalized spacial score (nSPS) is 14.0. The molecule has 1 fully saturated rings. The first-order valence-electron chi connectivity index (χ1n) is 9.47. The molecule has 0 spiro atoms. The third kappa shape index (κ3) is 10.8. The second-order valence-corrected chi connectivity index (χ2v) is 7.93. The smallest absolute Gasteiger partial charge is 0.405 e. The minimum absolute atomic E-state index is 0.312. The Kier molecular flexibility index (Phi) is 12.0. The fourth-order valence-corrected chi connectivity index (χ4v) is 3.00. The summed E-state index contributed by atoms with van der Waals surface area (Å²) < 4.78 is 4.58. The first-order chi connectivity index (χ1) is 13.1. The van der Waals surface area contributed by atoms with Gasteiger partial charge in [0.1, 0.15) is 5.60 Å². The first kappa shape index (κ1) is 25.8. The third-order valence-electron chi connectivity index (χ3n) is 4.06. The Morgan fingerprint density at radius 1 is 1.18 bits per heavy atom. The van der Waals surface area contributed by atoms with Crippen molar-refractivity contribution < 1.29 is 14.3 Å². The Labute approximate surface area is 174 Å². The number of ether oxygens (including phenoxy) is 1. The van der Waals surface area contributed by atoms with Gasteiger partial charge in [-0.15, -0.1) is 12.8 Å². The molecular weight excluding hydrogens is 376 g/mol. The average Bonchev–Trinajstić information content (AvgIpc) is 2.63. The van der Waals surface area contributed by atoms with E-state index >= 15 is 0 Å². The number of piperidine rings is 1. The molecule has 0 radical (unpaired) electrons. The second-order valence-electron chi connectivity index (χ2n) is 7.49. The number of carbonyl (C=O) groups is 2. The lowest BCUT2D eigenvalue weighted by molar-refractivity contribution is -0.132. The molecule has 0 atom stereocenters. The maximum Gasteiger partial charge on any atom is 0.405 e. The van der Waals surface area contributed by atoms with E-state index in [4.69, 9.17) is 17.3 Å². The number of rotatable bonds is 3. The first-order valence-corrected chi connectivity index (χ1v) is 9.85. The lowest BCUT2D eigenvalue weighted by atomic mass is 9.89. The Morgan fingerprint density at radius 2 is 1.68 bits per heavy atom. The number of nitrogens with two attached hydrogens (primary N) is 1. The summed E-state index contributed by atoms with van der Waals surface area (Å²) >= 11 is 5.90. The molecule has 1 aromatic carbocycles. The van der Waals surface area contributed by atoms with Crippen LogP contribution < -0.4 is 5.73 Å². The highest BCUT2D eigenvalue weighted by Crippen LogP contribution is 2.29. The van der Waals surface area contributed by atoms with Gasteiger partial charge in [-0.3, -0.25) is 4.79 Å². The zero-order valence-electron chi connectivity index (χ0n) is 17.4. The van der Waals surface area contributed by atoms with Gasteiger partial charge in [0.2, 0.25) is 5.91 Å². The molecule has 6 heteroatoms. The van der Waals surface area contributed by atoms with Crippen LogP contribution in [0.25, 0.3) is 0 Å². The standard InChI is InChI=1S/C15H20ClNO.C5H11NO2.C2H2/c1-2-3-15(18)17-10-8-13(9-11-17)12-4-6-14(16)7-5-12;1-5(2,3)8-4(6)7;1-2/h4-7,13H,2-3,8-11H2,1H3;1-3H3,(H2,6,7);1-2H. The Bertz CT molecular complexity index is 613. The van der Waals surface area contributed by atoms with E-state index in [2.05, 4.69) is 36.6 Å². The van der Waals surface area contributed by atoms with Gasteiger partial charge in [0.05, 0.1) is 0 Å². The van der Waals surface area contributed by atoms with Crippen LogP contribution in [0.2, 0.25) is 5.02 Å². The Morgan fingerprint density at radius 3 is 2.04 bits per heavy atom. The molecule has 28 heavy (non-hydrogen) atoms. The molecule has 1 heterocycles. The second kappa shape index (κ2) is 13.1. The maximum atomic E-state index is 11.8.